The zero-order valence-corrected chi connectivity index (χ0v) is 18.9. The second-order valence-corrected chi connectivity index (χ2v) is 6.74. The summed E-state index contributed by atoms with van der Waals surface area (Å²) < 4.78 is 36.6. The van der Waals surface area contributed by atoms with Gasteiger partial charge in [-0.3, -0.25) is 9.89 Å². The van der Waals surface area contributed by atoms with Crippen LogP contribution in [0.15, 0.2) is 29.3 Å². The van der Waals surface area contributed by atoms with E-state index in [2.05, 4.69) is 44.5 Å². The van der Waals surface area contributed by atoms with Crippen molar-refractivity contribution in [3.63, 3.8) is 0 Å². The fourth-order valence-electron chi connectivity index (χ4n) is 3.01. The number of likely N-dealkylation sites (N-methyl/N-ethyl adjacent to an activating group) is 1. The smallest absolute Gasteiger partial charge is 0.356 e. The van der Waals surface area contributed by atoms with Crippen LogP contribution in [0.25, 0.3) is 0 Å². The molecule has 1 aromatic rings. The molecule has 0 bridgehead atoms. The standard InChI is InChI=1S/C19H30F3N5.HI/c1-3-26-10-12-27(13-11-26)15-17-6-4-16(5-7-17)14-25-18(23-2)24-9-8-19(20,21)22;/h4-7H,3,8-15H2,1-2H3,(H2,23,24,25);1H. The van der Waals surface area contributed by atoms with Crippen LogP contribution in [0.3, 0.4) is 0 Å². The lowest BCUT2D eigenvalue weighted by Gasteiger charge is -2.34. The Bertz CT molecular complexity index is 584. The highest BCUT2D eigenvalue weighted by molar-refractivity contribution is 14.0. The van der Waals surface area contributed by atoms with E-state index < -0.39 is 12.6 Å². The van der Waals surface area contributed by atoms with Gasteiger partial charge in [-0.25, -0.2) is 0 Å². The number of hydrogen-bond donors (Lipinski definition) is 2. The van der Waals surface area contributed by atoms with Crippen LogP contribution in [-0.2, 0) is 13.1 Å². The summed E-state index contributed by atoms with van der Waals surface area (Å²) >= 11 is 0. The molecule has 28 heavy (non-hydrogen) atoms. The molecule has 0 amide bonds. The van der Waals surface area contributed by atoms with Crippen molar-refractivity contribution in [1.82, 2.24) is 20.4 Å². The Morgan fingerprint density at radius 2 is 1.57 bits per heavy atom. The summed E-state index contributed by atoms with van der Waals surface area (Å²) in [5.41, 5.74) is 2.34. The van der Waals surface area contributed by atoms with Crippen LogP contribution >= 0.6 is 24.0 Å². The molecule has 1 fully saturated rings. The van der Waals surface area contributed by atoms with Crippen LogP contribution in [0.5, 0.6) is 0 Å². The van der Waals surface area contributed by atoms with Crippen LogP contribution in [0.4, 0.5) is 13.2 Å². The van der Waals surface area contributed by atoms with Crippen LogP contribution in [0.2, 0.25) is 0 Å². The van der Waals surface area contributed by atoms with Crippen molar-refractivity contribution in [2.75, 3.05) is 46.3 Å². The van der Waals surface area contributed by atoms with Crippen LogP contribution in [-0.4, -0.2) is 68.3 Å². The monoisotopic (exact) mass is 513 g/mol. The predicted octanol–water partition coefficient (Wildman–Crippen LogP) is 3.06. The van der Waals surface area contributed by atoms with E-state index in [9.17, 15) is 13.2 Å². The van der Waals surface area contributed by atoms with Crippen molar-refractivity contribution in [1.29, 1.82) is 0 Å². The van der Waals surface area contributed by atoms with E-state index in [-0.39, 0.29) is 30.5 Å². The first-order chi connectivity index (χ1) is 12.9. The molecular formula is C19H31F3IN5. The summed E-state index contributed by atoms with van der Waals surface area (Å²) in [5.74, 6) is 0.372. The quantitative estimate of drug-likeness (QED) is 0.334. The van der Waals surface area contributed by atoms with Gasteiger partial charge in [-0.15, -0.1) is 24.0 Å². The average molecular weight is 513 g/mol. The number of alkyl halides is 3. The minimum Gasteiger partial charge on any atom is -0.356 e. The SMILES string of the molecule is CCN1CCN(Cc2ccc(CNC(=NC)NCCC(F)(F)F)cc2)CC1.I. The van der Waals surface area contributed by atoms with E-state index in [1.54, 1.807) is 7.05 Å². The number of nitrogens with zero attached hydrogens (tertiary/aromatic N) is 3. The first-order valence-electron chi connectivity index (χ1n) is 9.43. The molecule has 0 unspecified atom stereocenters. The molecule has 1 saturated heterocycles. The first kappa shape index (κ1) is 25.0. The third-order valence-electron chi connectivity index (χ3n) is 4.73. The zero-order chi connectivity index (χ0) is 19.7. The van der Waals surface area contributed by atoms with E-state index >= 15 is 0 Å². The molecule has 1 aliphatic heterocycles. The molecule has 0 atom stereocenters. The average Bonchev–Trinajstić information content (AvgIpc) is 2.65. The lowest BCUT2D eigenvalue weighted by atomic mass is 10.1. The largest absolute Gasteiger partial charge is 0.390 e. The van der Waals surface area contributed by atoms with E-state index in [0.717, 1.165) is 44.8 Å². The first-order valence-corrected chi connectivity index (χ1v) is 9.43. The van der Waals surface area contributed by atoms with Crippen molar-refractivity contribution in [3.8, 4) is 0 Å². The molecule has 0 radical (unpaired) electrons. The molecule has 1 heterocycles. The fraction of sp³-hybridized carbons (Fsp3) is 0.632. The highest BCUT2D eigenvalue weighted by Gasteiger charge is 2.26. The maximum absolute atomic E-state index is 12.2. The van der Waals surface area contributed by atoms with Crippen molar-refractivity contribution in [2.24, 2.45) is 4.99 Å². The van der Waals surface area contributed by atoms with Gasteiger partial charge in [0, 0.05) is 52.9 Å². The van der Waals surface area contributed by atoms with Crippen LogP contribution < -0.4 is 10.6 Å². The summed E-state index contributed by atoms with van der Waals surface area (Å²) in [7, 11) is 1.55. The Morgan fingerprint density at radius 3 is 2.11 bits per heavy atom. The molecule has 1 aromatic carbocycles. The van der Waals surface area contributed by atoms with Gasteiger partial charge in [-0.2, -0.15) is 13.2 Å². The van der Waals surface area contributed by atoms with E-state index in [1.165, 1.54) is 5.56 Å². The van der Waals surface area contributed by atoms with Gasteiger partial charge < -0.3 is 15.5 Å². The second kappa shape index (κ2) is 12.5. The number of piperazine rings is 1. The number of rotatable bonds is 7. The molecule has 2 N–H and O–H groups in total. The maximum Gasteiger partial charge on any atom is 0.390 e. The van der Waals surface area contributed by atoms with Gasteiger partial charge in [0.15, 0.2) is 5.96 Å². The fourth-order valence-corrected chi connectivity index (χ4v) is 3.01. The molecule has 160 valence electrons. The van der Waals surface area contributed by atoms with E-state index in [1.807, 2.05) is 12.1 Å². The van der Waals surface area contributed by atoms with Crippen molar-refractivity contribution in [2.45, 2.75) is 32.6 Å². The van der Waals surface area contributed by atoms with Gasteiger partial charge in [0.25, 0.3) is 0 Å². The Hall–Kier alpha value is -1.07. The van der Waals surface area contributed by atoms with Gasteiger partial charge >= 0.3 is 6.18 Å². The summed E-state index contributed by atoms with van der Waals surface area (Å²) in [5, 5.41) is 5.72. The Kier molecular flexibility index (Phi) is 11.1. The molecule has 9 heteroatoms. The number of halogens is 4. The van der Waals surface area contributed by atoms with E-state index in [4.69, 9.17) is 0 Å². The van der Waals surface area contributed by atoms with Gasteiger partial charge in [0.1, 0.15) is 0 Å². The summed E-state index contributed by atoms with van der Waals surface area (Å²) in [6.07, 6.45) is -5.04. The molecule has 2 rings (SSSR count). The highest BCUT2D eigenvalue weighted by atomic mass is 127. The minimum absolute atomic E-state index is 0. The Morgan fingerprint density at radius 1 is 1.00 bits per heavy atom. The topological polar surface area (TPSA) is 42.9 Å². The summed E-state index contributed by atoms with van der Waals surface area (Å²) in [6, 6.07) is 8.33. The summed E-state index contributed by atoms with van der Waals surface area (Å²) in [6.45, 7) is 9.03. The van der Waals surface area contributed by atoms with Crippen molar-refractivity contribution < 1.29 is 13.2 Å². The molecule has 0 aliphatic carbocycles. The molecule has 0 saturated carbocycles. The number of guanidine groups is 1. The van der Waals surface area contributed by atoms with Gasteiger partial charge in [-0.1, -0.05) is 31.2 Å². The predicted molar refractivity (Wildman–Crippen MR) is 118 cm³/mol. The third kappa shape index (κ3) is 9.42. The van der Waals surface area contributed by atoms with Gasteiger partial charge in [0.05, 0.1) is 6.42 Å². The number of benzene rings is 1. The second-order valence-electron chi connectivity index (χ2n) is 6.74. The highest BCUT2D eigenvalue weighted by Crippen LogP contribution is 2.18. The Labute approximate surface area is 182 Å². The number of nitrogens with one attached hydrogen (secondary N) is 2. The Balaban J connectivity index is 0.00000392. The van der Waals surface area contributed by atoms with Crippen LogP contribution in [0.1, 0.15) is 24.5 Å². The maximum atomic E-state index is 12.2. The third-order valence-corrected chi connectivity index (χ3v) is 4.73. The molecule has 0 spiro atoms. The number of aliphatic imine (C=N–C) groups is 1. The lowest BCUT2D eigenvalue weighted by Crippen LogP contribution is -2.45. The lowest BCUT2D eigenvalue weighted by molar-refractivity contribution is -0.132. The minimum atomic E-state index is -4.16. The molecule has 1 aliphatic rings. The van der Waals surface area contributed by atoms with Crippen molar-refractivity contribution >= 4 is 29.9 Å². The molecule has 5 nitrogen and oxygen atoms in total. The molecular weight excluding hydrogens is 482 g/mol. The zero-order valence-electron chi connectivity index (χ0n) is 16.6. The normalized spacial score (nSPS) is 16.5. The van der Waals surface area contributed by atoms with E-state index in [0.29, 0.717) is 12.5 Å². The van der Waals surface area contributed by atoms with Crippen LogP contribution in [0, 0.1) is 0 Å². The van der Waals surface area contributed by atoms with Gasteiger partial charge in [-0.05, 0) is 17.7 Å². The molecule has 0 aromatic heterocycles. The number of hydrogen-bond acceptors (Lipinski definition) is 3. The van der Waals surface area contributed by atoms with Crippen molar-refractivity contribution in [3.05, 3.63) is 35.4 Å². The summed E-state index contributed by atoms with van der Waals surface area (Å²) in [4.78, 5) is 8.87. The van der Waals surface area contributed by atoms with Gasteiger partial charge in [0.2, 0.25) is 0 Å².